The fraction of sp³-hybridized carbons (Fsp3) is 0.467. The van der Waals surface area contributed by atoms with Gasteiger partial charge in [0.05, 0.1) is 18.1 Å². The van der Waals surface area contributed by atoms with Crippen molar-refractivity contribution in [3.05, 3.63) is 29.6 Å². The molecule has 3 rings (SSSR count). The first-order chi connectivity index (χ1) is 9.97. The number of amides is 1. The maximum Gasteiger partial charge on any atom is 0.230 e. The Hall–Kier alpha value is -1.95. The van der Waals surface area contributed by atoms with Crippen molar-refractivity contribution >= 4 is 17.6 Å². The second-order valence-electron chi connectivity index (χ2n) is 5.61. The standard InChI is InChI=1S/C15H16FNO4/c1-7-2-3-8(16)6-9(7)17-14(18)12-10-4-5-11(21-10)13(12)15(19)20/h2-3,6,10-13H,4-5H2,1H3,(H,17,18)(H,19,20)/p-1/t10-,11+,12+,13+/m1/s1. The molecule has 1 amide bonds. The molecule has 1 N–H and O–H groups in total. The number of carbonyl (C=O) groups excluding carboxylic acids is 2. The zero-order chi connectivity index (χ0) is 15.1. The normalized spacial score (nSPS) is 30.4. The van der Waals surface area contributed by atoms with E-state index in [1.165, 1.54) is 12.1 Å². The number of benzene rings is 1. The number of nitrogens with one attached hydrogen (secondary N) is 1. The molecule has 0 aliphatic carbocycles. The molecule has 0 unspecified atom stereocenters. The average molecular weight is 292 g/mol. The predicted molar refractivity (Wildman–Crippen MR) is 69.6 cm³/mol. The summed E-state index contributed by atoms with van der Waals surface area (Å²) in [4.78, 5) is 23.6. The van der Waals surface area contributed by atoms with Crippen LogP contribution in [0.4, 0.5) is 10.1 Å². The van der Waals surface area contributed by atoms with E-state index in [1.807, 2.05) is 0 Å². The highest BCUT2D eigenvalue weighted by Crippen LogP contribution is 2.43. The summed E-state index contributed by atoms with van der Waals surface area (Å²) >= 11 is 0. The van der Waals surface area contributed by atoms with Crippen molar-refractivity contribution in [2.24, 2.45) is 11.8 Å². The number of carbonyl (C=O) groups is 2. The fourth-order valence-corrected chi connectivity index (χ4v) is 3.26. The van der Waals surface area contributed by atoms with Crippen LogP contribution < -0.4 is 10.4 Å². The summed E-state index contributed by atoms with van der Waals surface area (Å²) in [5.74, 6) is -3.89. The van der Waals surface area contributed by atoms with Crippen molar-refractivity contribution in [1.29, 1.82) is 0 Å². The van der Waals surface area contributed by atoms with E-state index in [-0.39, 0.29) is 0 Å². The molecule has 0 saturated carbocycles. The van der Waals surface area contributed by atoms with Gasteiger partial charge in [0.1, 0.15) is 5.82 Å². The highest BCUT2D eigenvalue weighted by Gasteiger charge is 2.52. The second-order valence-corrected chi connectivity index (χ2v) is 5.61. The quantitative estimate of drug-likeness (QED) is 0.885. The molecule has 2 aliphatic heterocycles. The van der Waals surface area contributed by atoms with Crippen LogP contribution in [0.15, 0.2) is 18.2 Å². The molecule has 4 atom stereocenters. The number of hydrogen-bond donors (Lipinski definition) is 1. The van der Waals surface area contributed by atoms with Gasteiger partial charge < -0.3 is 20.0 Å². The summed E-state index contributed by atoms with van der Waals surface area (Å²) in [7, 11) is 0. The number of anilines is 1. The van der Waals surface area contributed by atoms with Gasteiger partial charge in [0, 0.05) is 17.6 Å². The summed E-state index contributed by atoms with van der Waals surface area (Å²) < 4.78 is 18.8. The first-order valence-electron chi connectivity index (χ1n) is 6.90. The zero-order valence-electron chi connectivity index (χ0n) is 11.5. The number of ether oxygens (including phenoxy) is 1. The van der Waals surface area contributed by atoms with E-state index in [4.69, 9.17) is 4.74 Å². The van der Waals surface area contributed by atoms with Crippen molar-refractivity contribution in [2.45, 2.75) is 32.0 Å². The molecule has 112 valence electrons. The smallest absolute Gasteiger partial charge is 0.230 e. The highest BCUT2D eigenvalue weighted by molar-refractivity contribution is 5.96. The SMILES string of the molecule is Cc1ccc(F)cc1NC(=O)[C@@H]1[C@@H](C(=O)[O-])[C@@H]2CC[C@H]1O2. The van der Waals surface area contributed by atoms with Crippen LogP contribution >= 0.6 is 0 Å². The van der Waals surface area contributed by atoms with Gasteiger partial charge in [-0.2, -0.15) is 0 Å². The minimum Gasteiger partial charge on any atom is -0.550 e. The molecule has 2 bridgehead atoms. The van der Waals surface area contributed by atoms with E-state index in [0.717, 1.165) is 0 Å². The monoisotopic (exact) mass is 292 g/mol. The highest BCUT2D eigenvalue weighted by atomic mass is 19.1. The third kappa shape index (κ3) is 2.40. The fourth-order valence-electron chi connectivity index (χ4n) is 3.26. The van der Waals surface area contributed by atoms with Crippen LogP contribution in [0.5, 0.6) is 0 Å². The van der Waals surface area contributed by atoms with Crippen molar-refractivity contribution in [2.75, 3.05) is 5.32 Å². The van der Waals surface area contributed by atoms with Crippen LogP contribution in [-0.2, 0) is 14.3 Å². The third-order valence-corrected chi connectivity index (χ3v) is 4.31. The van der Waals surface area contributed by atoms with E-state index >= 15 is 0 Å². The van der Waals surface area contributed by atoms with Gasteiger partial charge in [0.2, 0.25) is 5.91 Å². The Labute approximate surface area is 121 Å². The molecule has 1 aromatic rings. The van der Waals surface area contributed by atoms with Gasteiger partial charge in [-0.3, -0.25) is 4.79 Å². The third-order valence-electron chi connectivity index (χ3n) is 4.31. The summed E-state index contributed by atoms with van der Waals surface area (Å²) in [6.45, 7) is 1.74. The number of aryl methyl sites for hydroxylation is 1. The van der Waals surface area contributed by atoms with Crippen LogP contribution in [0.3, 0.4) is 0 Å². The van der Waals surface area contributed by atoms with Crippen molar-refractivity contribution in [1.82, 2.24) is 0 Å². The van der Waals surface area contributed by atoms with Crippen LogP contribution in [0, 0.1) is 24.6 Å². The first-order valence-corrected chi connectivity index (χ1v) is 6.90. The lowest BCUT2D eigenvalue weighted by Crippen LogP contribution is -2.46. The van der Waals surface area contributed by atoms with Crippen LogP contribution in [0.1, 0.15) is 18.4 Å². The Kier molecular flexibility index (Phi) is 3.41. The number of rotatable bonds is 3. The lowest BCUT2D eigenvalue weighted by Gasteiger charge is -2.27. The minimum absolute atomic E-state index is 0.347. The van der Waals surface area contributed by atoms with Crippen LogP contribution in [-0.4, -0.2) is 24.1 Å². The Bertz CT molecular complexity index is 603. The van der Waals surface area contributed by atoms with E-state index in [2.05, 4.69) is 5.32 Å². The molecule has 2 saturated heterocycles. The predicted octanol–water partition coefficient (Wildman–Crippen LogP) is 0.616. The molecule has 0 spiro atoms. The Morgan fingerprint density at radius 3 is 2.62 bits per heavy atom. The molecule has 1 aromatic carbocycles. The molecule has 2 fully saturated rings. The zero-order valence-corrected chi connectivity index (χ0v) is 11.5. The summed E-state index contributed by atoms with van der Waals surface area (Å²) in [5, 5.41) is 13.9. The van der Waals surface area contributed by atoms with Gasteiger partial charge >= 0.3 is 0 Å². The average Bonchev–Trinajstić information content (AvgIpc) is 3.03. The van der Waals surface area contributed by atoms with E-state index in [1.54, 1.807) is 13.0 Å². The van der Waals surface area contributed by atoms with Gasteiger partial charge in [-0.15, -0.1) is 0 Å². The molecule has 0 aromatic heterocycles. The molecule has 21 heavy (non-hydrogen) atoms. The maximum atomic E-state index is 13.2. The van der Waals surface area contributed by atoms with E-state index in [9.17, 15) is 19.1 Å². The summed E-state index contributed by atoms with van der Waals surface area (Å²) in [6.07, 6.45) is 0.442. The number of carboxylic acid groups (broad SMARTS) is 1. The minimum atomic E-state index is -1.27. The Balaban J connectivity index is 1.81. The summed E-state index contributed by atoms with van der Waals surface area (Å²) in [5.41, 5.74) is 1.05. The first kappa shape index (κ1) is 14.0. The van der Waals surface area contributed by atoms with Gasteiger partial charge in [0.15, 0.2) is 0 Å². The van der Waals surface area contributed by atoms with Crippen LogP contribution in [0.25, 0.3) is 0 Å². The molecule has 0 radical (unpaired) electrons. The topological polar surface area (TPSA) is 78.5 Å². The molecular formula is C15H15FNO4-. The number of fused-ring (bicyclic) bond motifs is 2. The van der Waals surface area contributed by atoms with E-state index in [0.29, 0.717) is 24.1 Å². The largest absolute Gasteiger partial charge is 0.550 e. The van der Waals surface area contributed by atoms with Crippen molar-refractivity contribution in [3.8, 4) is 0 Å². The number of carboxylic acids is 1. The Morgan fingerprint density at radius 2 is 1.95 bits per heavy atom. The molecule has 2 aliphatic rings. The number of halogens is 1. The van der Waals surface area contributed by atoms with Gasteiger partial charge in [-0.05, 0) is 37.5 Å². The van der Waals surface area contributed by atoms with Gasteiger partial charge in [0.25, 0.3) is 0 Å². The van der Waals surface area contributed by atoms with Gasteiger partial charge in [-0.1, -0.05) is 6.07 Å². The van der Waals surface area contributed by atoms with E-state index < -0.39 is 41.7 Å². The van der Waals surface area contributed by atoms with Crippen molar-refractivity contribution < 1.29 is 23.8 Å². The lowest BCUT2D eigenvalue weighted by atomic mass is 9.78. The molecule has 6 heteroatoms. The van der Waals surface area contributed by atoms with Crippen molar-refractivity contribution in [3.63, 3.8) is 0 Å². The molecule has 2 heterocycles. The van der Waals surface area contributed by atoms with Crippen LogP contribution in [0.2, 0.25) is 0 Å². The van der Waals surface area contributed by atoms with Gasteiger partial charge in [-0.25, -0.2) is 4.39 Å². The number of aliphatic carboxylic acids is 1. The molecule has 5 nitrogen and oxygen atoms in total. The second kappa shape index (κ2) is 5.11. The molecular weight excluding hydrogens is 277 g/mol. The number of hydrogen-bond acceptors (Lipinski definition) is 4. The lowest BCUT2D eigenvalue weighted by molar-refractivity contribution is -0.313. The maximum absolute atomic E-state index is 13.2. The Morgan fingerprint density at radius 1 is 1.29 bits per heavy atom. The summed E-state index contributed by atoms with van der Waals surface area (Å²) in [6, 6.07) is 4.07.